The zero-order valence-electron chi connectivity index (χ0n) is 26.2. The van der Waals surface area contributed by atoms with Gasteiger partial charge in [0.15, 0.2) is 0 Å². The van der Waals surface area contributed by atoms with Gasteiger partial charge >= 0.3 is 0 Å². The van der Waals surface area contributed by atoms with Crippen LogP contribution in [0.3, 0.4) is 0 Å². The lowest BCUT2D eigenvalue weighted by atomic mass is 9.78. The molecule has 0 bridgehead atoms. The summed E-state index contributed by atoms with van der Waals surface area (Å²) in [5.74, 6) is 0. The van der Waals surface area contributed by atoms with Crippen molar-refractivity contribution in [3.63, 3.8) is 0 Å². The number of fused-ring (bicyclic) bond motifs is 3. The van der Waals surface area contributed by atoms with Gasteiger partial charge in [0.1, 0.15) is 0 Å². The van der Waals surface area contributed by atoms with E-state index in [1.807, 2.05) is 0 Å². The minimum Gasteiger partial charge on any atom is -0.310 e. The fraction of sp³-hybridized carbons (Fsp3) is 0.0667. The van der Waals surface area contributed by atoms with Gasteiger partial charge in [0.2, 0.25) is 0 Å². The summed E-state index contributed by atoms with van der Waals surface area (Å²) in [6, 6.07) is 63.8. The van der Waals surface area contributed by atoms with E-state index in [4.69, 9.17) is 0 Å². The molecule has 0 atom stereocenters. The largest absolute Gasteiger partial charge is 0.310 e. The van der Waals surface area contributed by atoms with Crippen molar-refractivity contribution in [2.24, 2.45) is 0 Å². The van der Waals surface area contributed by atoms with E-state index in [2.05, 4.69) is 195 Å². The maximum absolute atomic E-state index is 2.43. The van der Waals surface area contributed by atoms with Crippen LogP contribution in [0.5, 0.6) is 0 Å². The number of hydrogen-bond acceptors (Lipinski definition) is 1. The second-order valence-corrected chi connectivity index (χ2v) is 12.6. The van der Waals surface area contributed by atoms with E-state index in [1.165, 1.54) is 55.6 Å². The molecule has 1 aliphatic rings. The van der Waals surface area contributed by atoms with E-state index in [0.29, 0.717) is 0 Å². The van der Waals surface area contributed by atoms with E-state index in [0.717, 1.165) is 17.1 Å². The molecule has 0 spiro atoms. The van der Waals surface area contributed by atoms with Gasteiger partial charge in [0.05, 0.1) is 0 Å². The number of nitrogens with zero attached hydrogens (tertiary/aromatic N) is 1. The maximum Gasteiger partial charge on any atom is 0.0474 e. The van der Waals surface area contributed by atoms with Crippen LogP contribution >= 0.6 is 0 Å². The Kier molecular flexibility index (Phi) is 6.88. The van der Waals surface area contributed by atoms with Gasteiger partial charge in [0, 0.05) is 22.5 Å². The van der Waals surface area contributed by atoms with Gasteiger partial charge in [-0.25, -0.2) is 0 Å². The molecule has 220 valence electrons. The highest BCUT2D eigenvalue weighted by molar-refractivity contribution is 5.94. The Morgan fingerprint density at radius 2 is 0.804 bits per heavy atom. The molecule has 0 radical (unpaired) electrons. The van der Waals surface area contributed by atoms with Gasteiger partial charge in [-0.1, -0.05) is 153 Å². The molecule has 7 aromatic carbocycles. The Bertz CT molecular complexity index is 2080. The highest BCUT2D eigenvalue weighted by atomic mass is 15.1. The summed E-state index contributed by atoms with van der Waals surface area (Å²) in [6.07, 6.45) is 0. The molecule has 1 heteroatoms. The predicted octanol–water partition coefficient (Wildman–Crippen LogP) is 12.5. The van der Waals surface area contributed by atoms with Crippen LogP contribution in [0, 0.1) is 0 Å². The summed E-state index contributed by atoms with van der Waals surface area (Å²) in [6.45, 7) is 4.74. The summed E-state index contributed by atoms with van der Waals surface area (Å²) in [4.78, 5) is 2.43. The molecule has 0 heterocycles. The molecule has 7 aromatic rings. The second kappa shape index (κ2) is 11.4. The Morgan fingerprint density at radius 1 is 0.348 bits per heavy atom. The van der Waals surface area contributed by atoms with Crippen molar-refractivity contribution in [2.45, 2.75) is 19.3 Å². The van der Waals surface area contributed by atoms with Gasteiger partial charge in [-0.15, -0.1) is 0 Å². The molecule has 1 nitrogen and oxygen atoms in total. The first-order valence-corrected chi connectivity index (χ1v) is 16.0. The molecular formula is C45H35N. The highest BCUT2D eigenvalue weighted by Gasteiger charge is 2.38. The van der Waals surface area contributed by atoms with E-state index in [1.54, 1.807) is 0 Å². The third-order valence-corrected chi connectivity index (χ3v) is 9.40. The van der Waals surface area contributed by atoms with Gasteiger partial charge in [-0.3, -0.25) is 0 Å². The molecule has 0 fully saturated rings. The molecule has 46 heavy (non-hydrogen) atoms. The molecule has 0 saturated heterocycles. The normalized spacial score (nSPS) is 12.7. The first-order chi connectivity index (χ1) is 22.6. The summed E-state index contributed by atoms with van der Waals surface area (Å²) in [5, 5.41) is 0. The van der Waals surface area contributed by atoms with E-state index < -0.39 is 0 Å². The van der Waals surface area contributed by atoms with Crippen LogP contribution < -0.4 is 4.90 Å². The molecular weight excluding hydrogens is 555 g/mol. The highest BCUT2D eigenvalue weighted by Crippen LogP contribution is 2.54. The van der Waals surface area contributed by atoms with Gasteiger partial charge in [-0.05, 0) is 92.0 Å². The SMILES string of the molecule is CC1(C)c2ccccc2-c2cc(N(c3cccc(-c4ccccc4)c3)c3cccc(-c4ccccc4)c3)cc(-c3ccccc3)c21. The fourth-order valence-corrected chi connectivity index (χ4v) is 7.24. The van der Waals surface area contributed by atoms with Crippen molar-refractivity contribution >= 4 is 17.1 Å². The van der Waals surface area contributed by atoms with E-state index in [9.17, 15) is 0 Å². The molecule has 8 rings (SSSR count). The Hall–Kier alpha value is -5.66. The smallest absolute Gasteiger partial charge is 0.0474 e. The third-order valence-electron chi connectivity index (χ3n) is 9.40. The van der Waals surface area contributed by atoms with Crippen LogP contribution in [0.2, 0.25) is 0 Å². The standard InChI is InChI=1S/C45H35N/c1-45(2)43-27-13-12-26-40(43)42-31-39(30-41(44(42)45)34-20-10-5-11-21-34)46(37-24-14-22-35(28-37)32-16-6-3-7-17-32)38-25-15-23-36(29-38)33-18-8-4-9-19-33/h3-31H,1-2H3. The predicted molar refractivity (Wildman–Crippen MR) is 195 cm³/mol. The van der Waals surface area contributed by atoms with Crippen LogP contribution in [0.1, 0.15) is 25.0 Å². The minimum atomic E-state index is -0.124. The lowest BCUT2D eigenvalue weighted by Gasteiger charge is -2.30. The van der Waals surface area contributed by atoms with Gasteiger partial charge in [-0.2, -0.15) is 0 Å². The van der Waals surface area contributed by atoms with Crippen LogP contribution in [0.25, 0.3) is 44.5 Å². The molecule has 1 aliphatic carbocycles. The monoisotopic (exact) mass is 589 g/mol. The first-order valence-electron chi connectivity index (χ1n) is 16.0. The molecule has 0 N–H and O–H groups in total. The minimum absolute atomic E-state index is 0.124. The van der Waals surface area contributed by atoms with E-state index in [-0.39, 0.29) is 5.41 Å². The molecule has 0 amide bonds. The van der Waals surface area contributed by atoms with Crippen molar-refractivity contribution in [1.29, 1.82) is 0 Å². The number of rotatable bonds is 6. The van der Waals surface area contributed by atoms with Crippen molar-refractivity contribution in [1.82, 2.24) is 0 Å². The van der Waals surface area contributed by atoms with E-state index >= 15 is 0 Å². The molecule has 0 unspecified atom stereocenters. The number of anilines is 3. The van der Waals surface area contributed by atoms with Crippen molar-refractivity contribution in [2.75, 3.05) is 4.90 Å². The quantitative estimate of drug-likeness (QED) is 0.186. The summed E-state index contributed by atoms with van der Waals surface area (Å²) in [7, 11) is 0. The van der Waals surface area contributed by atoms with Crippen LogP contribution in [-0.2, 0) is 5.41 Å². The lowest BCUT2D eigenvalue weighted by molar-refractivity contribution is 0.662. The third kappa shape index (κ3) is 4.82. The number of benzene rings is 7. The van der Waals surface area contributed by atoms with Crippen molar-refractivity contribution in [3.05, 3.63) is 187 Å². The Balaban J connectivity index is 1.40. The zero-order valence-corrected chi connectivity index (χ0v) is 26.2. The average molecular weight is 590 g/mol. The van der Waals surface area contributed by atoms with Crippen molar-refractivity contribution < 1.29 is 0 Å². The molecule has 0 aromatic heterocycles. The Labute approximate surface area is 272 Å². The molecule has 0 saturated carbocycles. The summed E-state index contributed by atoms with van der Waals surface area (Å²) in [5.41, 5.74) is 16.0. The Morgan fingerprint density at radius 3 is 1.37 bits per heavy atom. The van der Waals surface area contributed by atoms with Gasteiger partial charge < -0.3 is 4.90 Å². The van der Waals surface area contributed by atoms with Gasteiger partial charge in [0.25, 0.3) is 0 Å². The van der Waals surface area contributed by atoms with Crippen LogP contribution in [0.4, 0.5) is 17.1 Å². The second-order valence-electron chi connectivity index (χ2n) is 12.6. The lowest BCUT2D eigenvalue weighted by Crippen LogP contribution is -2.17. The zero-order chi connectivity index (χ0) is 31.1. The summed E-state index contributed by atoms with van der Waals surface area (Å²) >= 11 is 0. The average Bonchev–Trinajstić information content (AvgIpc) is 3.35. The summed E-state index contributed by atoms with van der Waals surface area (Å²) < 4.78 is 0. The fourth-order valence-electron chi connectivity index (χ4n) is 7.24. The molecule has 0 aliphatic heterocycles. The topological polar surface area (TPSA) is 3.24 Å². The van der Waals surface area contributed by atoms with Crippen LogP contribution in [-0.4, -0.2) is 0 Å². The van der Waals surface area contributed by atoms with Crippen LogP contribution in [0.15, 0.2) is 176 Å². The first kappa shape index (κ1) is 27.9. The van der Waals surface area contributed by atoms with Crippen molar-refractivity contribution in [3.8, 4) is 44.5 Å². The maximum atomic E-state index is 2.43. The number of hydrogen-bond donors (Lipinski definition) is 0.